The normalized spacial score (nSPS) is 13.6. The van der Waals surface area contributed by atoms with Gasteiger partial charge >= 0.3 is 12.0 Å². The highest BCUT2D eigenvalue weighted by Gasteiger charge is 2.31. The van der Waals surface area contributed by atoms with Crippen LogP contribution in [0.4, 0.5) is 25.0 Å². The second-order valence-corrected chi connectivity index (χ2v) is 6.07. The molecule has 0 unspecified atom stereocenters. The first-order valence-electron chi connectivity index (χ1n) is 8.39. The maximum absolute atomic E-state index is 13.4. The van der Waals surface area contributed by atoms with Crippen LogP contribution in [-0.4, -0.2) is 49.6 Å². The van der Waals surface area contributed by atoms with Gasteiger partial charge in [-0.05, 0) is 36.4 Å². The van der Waals surface area contributed by atoms with Gasteiger partial charge in [0, 0.05) is 30.5 Å². The monoisotopic (exact) mass is 389 g/mol. The van der Waals surface area contributed by atoms with Crippen LogP contribution < -0.4 is 10.2 Å². The average Bonchev–Trinajstić information content (AvgIpc) is 3.04. The van der Waals surface area contributed by atoms with Gasteiger partial charge in [-0.15, -0.1) is 0 Å². The van der Waals surface area contributed by atoms with Gasteiger partial charge in [0.2, 0.25) is 5.91 Å². The van der Waals surface area contributed by atoms with Gasteiger partial charge in [-0.1, -0.05) is 0 Å². The molecule has 1 heterocycles. The Hall–Kier alpha value is -3.49. The third-order valence-electron chi connectivity index (χ3n) is 4.23. The lowest BCUT2D eigenvalue weighted by Gasteiger charge is -2.18. The van der Waals surface area contributed by atoms with Crippen LogP contribution in [0.3, 0.4) is 0 Å². The zero-order valence-corrected chi connectivity index (χ0v) is 14.9. The topological polar surface area (TPSA) is 79.0 Å². The van der Waals surface area contributed by atoms with Crippen molar-refractivity contribution in [2.75, 3.05) is 37.0 Å². The molecule has 0 aromatic heterocycles. The summed E-state index contributed by atoms with van der Waals surface area (Å²) in [4.78, 5) is 38.6. The molecule has 0 radical (unpaired) electrons. The Kier molecular flexibility index (Phi) is 5.53. The van der Waals surface area contributed by atoms with E-state index in [9.17, 15) is 23.2 Å². The van der Waals surface area contributed by atoms with E-state index in [1.54, 1.807) is 12.1 Å². The van der Waals surface area contributed by atoms with Crippen molar-refractivity contribution in [3.05, 3.63) is 59.7 Å². The fourth-order valence-corrected chi connectivity index (χ4v) is 2.80. The summed E-state index contributed by atoms with van der Waals surface area (Å²) in [5.74, 6) is -2.95. The number of methoxy groups -OCH3 is 1. The molecular formula is C19H17F2N3O4. The number of esters is 1. The summed E-state index contributed by atoms with van der Waals surface area (Å²) in [7, 11) is 1.27. The summed E-state index contributed by atoms with van der Waals surface area (Å²) in [6.07, 6.45) is 0. The van der Waals surface area contributed by atoms with Crippen LogP contribution in [-0.2, 0) is 9.53 Å². The van der Waals surface area contributed by atoms with E-state index in [2.05, 4.69) is 10.1 Å². The van der Waals surface area contributed by atoms with Crippen molar-refractivity contribution in [1.82, 2.24) is 4.90 Å². The minimum Gasteiger partial charge on any atom is -0.465 e. The van der Waals surface area contributed by atoms with E-state index in [0.29, 0.717) is 11.3 Å². The Morgan fingerprint density at radius 3 is 2.43 bits per heavy atom. The number of hydrogen-bond acceptors (Lipinski definition) is 4. The first-order chi connectivity index (χ1) is 13.4. The summed E-state index contributed by atoms with van der Waals surface area (Å²) in [5.41, 5.74) is 1.03. The Morgan fingerprint density at radius 2 is 1.79 bits per heavy atom. The summed E-state index contributed by atoms with van der Waals surface area (Å²) >= 11 is 0. The fraction of sp³-hybridized carbons (Fsp3) is 0.211. The molecule has 1 N–H and O–H groups in total. The predicted octanol–water partition coefficient (Wildman–Crippen LogP) is 2.63. The van der Waals surface area contributed by atoms with Crippen LogP contribution in [0, 0.1) is 11.6 Å². The molecule has 1 aliphatic rings. The number of ether oxygens (including phenoxy) is 1. The third kappa shape index (κ3) is 4.08. The first-order valence-corrected chi connectivity index (χ1v) is 8.39. The summed E-state index contributed by atoms with van der Waals surface area (Å²) in [6.45, 7) is 0.329. The summed E-state index contributed by atoms with van der Waals surface area (Å²) in [6, 6.07) is 8.84. The van der Waals surface area contributed by atoms with Crippen LogP contribution >= 0.6 is 0 Å². The molecule has 28 heavy (non-hydrogen) atoms. The number of nitrogens with one attached hydrogen (secondary N) is 1. The van der Waals surface area contributed by atoms with Gasteiger partial charge in [0.25, 0.3) is 0 Å². The van der Waals surface area contributed by atoms with Crippen LogP contribution in [0.1, 0.15) is 10.4 Å². The second-order valence-electron chi connectivity index (χ2n) is 6.07. The molecule has 3 rings (SSSR count). The van der Waals surface area contributed by atoms with Crippen LogP contribution in [0.15, 0.2) is 42.5 Å². The molecule has 1 fully saturated rings. The highest BCUT2D eigenvalue weighted by Crippen LogP contribution is 2.22. The highest BCUT2D eigenvalue weighted by molar-refractivity contribution is 5.99. The number of hydrogen-bond donors (Lipinski definition) is 1. The summed E-state index contributed by atoms with van der Waals surface area (Å²) in [5, 5.41) is 2.63. The molecule has 2 aromatic rings. The van der Waals surface area contributed by atoms with Gasteiger partial charge in [-0.2, -0.15) is 0 Å². The lowest BCUT2D eigenvalue weighted by Crippen LogP contribution is -2.37. The zero-order chi connectivity index (χ0) is 20.3. The molecule has 0 atom stereocenters. The minimum atomic E-state index is -1.04. The quantitative estimate of drug-likeness (QED) is 0.798. The molecule has 0 spiro atoms. The number of halogens is 2. The molecule has 7 nitrogen and oxygen atoms in total. The maximum atomic E-state index is 13.4. The van der Waals surface area contributed by atoms with E-state index in [0.717, 1.165) is 12.1 Å². The van der Waals surface area contributed by atoms with Gasteiger partial charge in [-0.25, -0.2) is 18.4 Å². The first kappa shape index (κ1) is 19.3. The largest absolute Gasteiger partial charge is 0.465 e. The predicted molar refractivity (Wildman–Crippen MR) is 97.1 cm³/mol. The number of anilines is 2. The number of urea groups is 1. The average molecular weight is 389 g/mol. The smallest absolute Gasteiger partial charge is 0.337 e. The van der Waals surface area contributed by atoms with Crippen LogP contribution in [0.5, 0.6) is 0 Å². The zero-order valence-electron chi connectivity index (χ0n) is 14.9. The van der Waals surface area contributed by atoms with Crippen molar-refractivity contribution >= 4 is 29.3 Å². The number of rotatable bonds is 5. The molecule has 1 saturated heterocycles. The van der Waals surface area contributed by atoms with Crippen molar-refractivity contribution in [1.29, 1.82) is 0 Å². The van der Waals surface area contributed by atoms with Crippen molar-refractivity contribution in [3.63, 3.8) is 0 Å². The second kappa shape index (κ2) is 8.03. The fourth-order valence-electron chi connectivity index (χ4n) is 2.80. The number of carbonyl (C=O) groups is 3. The maximum Gasteiger partial charge on any atom is 0.337 e. The Labute approximate surface area is 159 Å². The van der Waals surface area contributed by atoms with E-state index < -0.39 is 29.5 Å². The van der Waals surface area contributed by atoms with Crippen molar-refractivity contribution in [3.8, 4) is 0 Å². The Bertz CT molecular complexity index is 918. The van der Waals surface area contributed by atoms with Gasteiger partial charge in [0.05, 0.1) is 12.7 Å². The van der Waals surface area contributed by atoms with Gasteiger partial charge < -0.3 is 15.0 Å². The van der Waals surface area contributed by atoms with Gasteiger partial charge in [0.1, 0.15) is 6.54 Å². The number of amides is 3. The van der Waals surface area contributed by atoms with Crippen molar-refractivity contribution < 1.29 is 27.9 Å². The number of carbonyl (C=O) groups excluding carboxylic acids is 3. The molecule has 9 heteroatoms. The molecule has 2 aromatic carbocycles. The van der Waals surface area contributed by atoms with Gasteiger partial charge in [0.15, 0.2) is 11.6 Å². The van der Waals surface area contributed by atoms with E-state index in [1.165, 1.54) is 35.1 Å². The molecule has 3 amide bonds. The molecule has 0 bridgehead atoms. The van der Waals surface area contributed by atoms with Crippen LogP contribution in [0.25, 0.3) is 0 Å². The van der Waals surface area contributed by atoms with E-state index in [1.807, 2.05) is 0 Å². The van der Waals surface area contributed by atoms with Crippen molar-refractivity contribution in [2.45, 2.75) is 0 Å². The molecule has 1 aliphatic heterocycles. The van der Waals surface area contributed by atoms with Crippen LogP contribution in [0.2, 0.25) is 0 Å². The number of benzene rings is 2. The number of nitrogens with zero attached hydrogens (tertiary/aromatic N) is 2. The molecule has 0 saturated carbocycles. The van der Waals surface area contributed by atoms with Gasteiger partial charge in [-0.3, -0.25) is 9.69 Å². The molecule has 0 aliphatic carbocycles. The minimum absolute atomic E-state index is 0.197. The molecule has 146 valence electrons. The standard InChI is InChI=1S/C19H17F2N3O4/c1-28-18(26)12-2-4-13(5-3-12)22-17(25)11-23-8-9-24(19(23)27)14-6-7-15(20)16(21)10-14/h2-7,10H,8-9,11H2,1H3,(H,22,25). The van der Waals surface area contributed by atoms with E-state index in [4.69, 9.17) is 0 Å². The highest BCUT2D eigenvalue weighted by atomic mass is 19.2. The Balaban J connectivity index is 1.59. The lowest BCUT2D eigenvalue weighted by molar-refractivity contribution is -0.116. The Morgan fingerprint density at radius 1 is 1.07 bits per heavy atom. The third-order valence-corrected chi connectivity index (χ3v) is 4.23. The SMILES string of the molecule is COC(=O)c1ccc(NC(=O)CN2CCN(c3ccc(F)c(F)c3)C2=O)cc1. The summed E-state index contributed by atoms with van der Waals surface area (Å²) < 4.78 is 31.0. The molecular weight excluding hydrogens is 372 g/mol. The lowest BCUT2D eigenvalue weighted by atomic mass is 10.2. The van der Waals surface area contributed by atoms with E-state index in [-0.39, 0.29) is 25.3 Å². The van der Waals surface area contributed by atoms with E-state index >= 15 is 0 Å². The van der Waals surface area contributed by atoms with Crippen molar-refractivity contribution in [2.24, 2.45) is 0 Å².